The molecule has 0 amide bonds. The Kier molecular flexibility index (Phi) is 8.70. The van der Waals surface area contributed by atoms with Crippen molar-refractivity contribution in [3.05, 3.63) is 217 Å². The summed E-state index contributed by atoms with van der Waals surface area (Å²) in [6.45, 7) is 6.75. The molecule has 1 aliphatic rings. The van der Waals surface area contributed by atoms with Gasteiger partial charge in [-0.15, -0.1) is 0 Å². The minimum Gasteiger partial charge on any atom is -0.456 e. The van der Waals surface area contributed by atoms with Crippen LogP contribution in [0.3, 0.4) is 0 Å². The molecule has 12 rings (SSSR count). The van der Waals surface area contributed by atoms with Crippen molar-refractivity contribution in [2.45, 2.75) is 26.2 Å². The van der Waals surface area contributed by atoms with Gasteiger partial charge in [0.2, 0.25) is 0 Å². The number of furan rings is 1. The normalized spacial score (nSPS) is 12.7. The van der Waals surface area contributed by atoms with Crippen LogP contribution in [0.15, 0.2) is 205 Å². The highest BCUT2D eigenvalue weighted by molar-refractivity contribution is 6.09. The van der Waals surface area contributed by atoms with Gasteiger partial charge in [-0.1, -0.05) is 184 Å². The van der Waals surface area contributed by atoms with Crippen molar-refractivity contribution in [1.29, 1.82) is 0 Å². The Balaban J connectivity index is 0.988. The van der Waals surface area contributed by atoms with E-state index in [1.807, 2.05) is 42.5 Å². The molecule has 0 spiro atoms. The first-order valence-corrected chi connectivity index (χ1v) is 21.9. The zero-order valence-corrected chi connectivity index (χ0v) is 35.8. The van der Waals surface area contributed by atoms with Crippen molar-refractivity contribution in [3.63, 3.8) is 0 Å². The molecule has 11 aromatic rings. The maximum Gasteiger partial charge on any atom is 0.160 e. The third-order valence-electron chi connectivity index (χ3n) is 13.1. The summed E-state index contributed by atoms with van der Waals surface area (Å²) in [6, 6.07) is 70.4. The van der Waals surface area contributed by atoms with Crippen LogP contribution in [0.25, 0.3) is 100.0 Å². The van der Waals surface area contributed by atoms with Gasteiger partial charge in [-0.05, 0) is 87.3 Å². The second-order valence-corrected chi connectivity index (χ2v) is 17.3. The standard InChI is InChI=1S/C60H42N2O2/c1-37-14-11-20-45(57(37)63-43-15-5-4-6-16-43)38-28-32-41(33-29-38)59-61-53-35-34-42(44-19-13-24-52-55(44)49-18-7-9-23-51(49)60(52,2)3)36-50(53)56(62-59)40-30-26-39(27-31-40)46-21-12-22-48-47-17-8-10-25-54(47)64-58(46)48/h4-36H,1-3H3. The Morgan fingerprint density at radius 1 is 0.453 bits per heavy atom. The summed E-state index contributed by atoms with van der Waals surface area (Å²) >= 11 is 0. The molecule has 304 valence electrons. The van der Waals surface area contributed by atoms with Crippen molar-refractivity contribution in [1.82, 2.24) is 9.97 Å². The van der Waals surface area contributed by atoms with Crippen LogP contribution >= 0.6 is 0 Å². The van der Waals surface area contributed by atoms with E-state index < -0.39 is 0 Å². The summed E-state index contributed by atoms with van der Waals surface area (Å²) in [5.41, 5.74) is 18.3. The molecule has 64 heavy (non-hydrogen) atoms. The first kappa shape index (κ1) is 37.7. The molecule has 2 aromatic heterocycles. The number of aryl methyl sites for hydroxylation is 1. The average Bonchev–Trinajstić information content (AvgIpc) is 3.84. The first-order chi connectivity index (χ1) is 31.4. The molecular formula is C60H42N2O2. The monoisotopic (exact) mass is 822 g/mol. The lowest BCUT2D eigenvalue weighted by Crippen LogP contribution is -2.14. The average molecular weight is 823 g/mol. The Hall–Kier alpha value is -8.08. The van der Waals surface area contributed by atoms with Gasteiger partial charge in [-0.2, -0.15) is 0 Å². The Morgan fingerprint density at radius 2 is 1.06 bits per heavy atom. The summed E-state index contributed by atoms with van der Waals surface area (Å²) in [6.07, 6.45) is 0. The van der Waals surface area contributed by atoms with Gasteiger partial charge in [0.15, 0.2) is 5.82 Å². The van der Waals surface area contributed by atoms with Crippen molar-refractivity contribution in [3.8, 4) is 78.7 Å². The largest absolute Gasteiger partial charge is 0.456 e. The van der Waals surface area contributed by atoms with Gasteiger partial charge >= 0.3 is 0 Å². The van der Waals surface area contributed by atoms with Crippen molar-refractivity contribution in [2.24, 2.45) is 0 Å². The molecule has 1 aliphatic carbocycles. The molecule has 2 heterocycles. The van der Waals surface area contributed by atoms with E-state index in [1.54, 1.807) is 0 Å². The number of ether oxygens (including phenoxy) is 1. The van der Waals surface area contributed by atoms with Gasteiger partial charge in [0, 0.05) is 43.8 Å². The lowest BCUT2D eigenvalue weighted by Gasteiger charge is -2.21. The van der Waals surface area contributed by atoms with Crippen LogP contribution in [0.1, 0.15) is 30.5 Å². The minimum atomic E-state index is -0.0955. The summed E-state index contributed by atoms with van der Waals surface area (Å²) < 4.78 is 12.9. The van der Waals surface area contributed by atoms with Gasteiger partial charge < -0.3 is 9.15 Å². The smallest absolute Gasteiger partial charge is 0.160 e. The second-order valence-electron chi connectivity index (χ2n) is 17.3. The van der Waals surface area contributed by atoms with Crippen LogP contribution in [0.5, 0.6) is 11.5 Å². The van der Waals surface area contributed by atoms with Gasteiger partial charge in [0.05, 0.1) is 11.2 Å². The van der Waals surface area contributed by atoms with Crippen molar-refractivity contribution >= 4 is 32.8 Å². The topological polar surface area (TPSA) is 48.2 Å². The predicted molar refractivity (Wildman–Crippen MR) is 263 cm³/mol. The highest BCUT2D eigenvalue weighted by Gasteiger charge is 2.36. The van der Waals surface area contributed by atoms with Gasteiger partial charge in [0.1, 0.15) is 22.7 Å². The lowest BCUT2D eigenvalue weighted by molar-refractivity contribution is 0.481. The van der Waals surface area contributed by atoms with E-state index in [9.17, 15) is 0 Å². The maximum atomic E-state index is 6.46. The first-order valence-electron chi connectivity index (χ1n) is 21.9. The highest BCUT2D eigenvalue weighted by Crippen LogP contribution is 2.52. The molecule has 0 saturated heterocycles. The van der Waals surface area contributed by atoms with Crippen molar-refractivity contribution in [2.75, 3.05) is 0 Å². The van der Waals surface area contributed by atoms with E-state index in [0.717, 1.165) is 94.5 Å². The molecule has 9 aromatic carbocycles. The number of benzene rings is 9. The van der Waals surface area contributed by atoms with E-state index >= 15 is 0 Å². The molecule has 0 bridgehead atoms. The van der Waals surface area contributed by atoms with E-state index in [4.69, 9.17) is 19.1 Å². The molecule has 0 saturated carbocycles. The molecule has 4 nitrogen and oxygen atoms in total. The van der Waals surface area contributed by atoms with Crippen LogP contribution in [0, 0.1) is 6.92 Å². The SMILES string of the molecule is Cc1cccc(-c2ccc(-c3nc(-c4ccc(-c5cccc6c5oc5ccccc56)cc4)c4cc(-c5cccc6c5-c5ccccc5C6(C)C)ccc4n3)cc2)c1Oc1ccccc1. The molecule has 4 heteroatoms. The van der Waals surface area contributed by atoms with E-state index in [2.05, 4.69) is 178 Å². The Morgan fingerprint density at radius 3 is 1.91 bits per heavy atom. The number of hydrogen-bond acceptors (Lipinski definition) is 4. The minimum absolute atomic E-state index is 0.0955. The number of aromatic nitrogens is 2. The molecule has 0 atom stereocenters. The molecule has 0 radical (unpaired) electrons. The highest BCUT2D eigenvalue weighted by atomic mass is 16.5. The summed E-state index contributed by atoms with van der Waals surface area (Å²) in [5, 5.41) is 3.23. The molecule has 0 fully saturated rings. The summed E-state index contributed by atoms with van der Waals surface area (Å²) in [4.78, 5) is 10.7. The van der Waals surface area contributed by atoms with Crippen LogP contribution < -0.4 is 4.74 Å². The second kappa shape index (κ2) is 14.8. The van der Waals surface area contributed by atoms with Crippen LogP contribution in [0.4, 0.5) is 0 Å². The van der Waals surface area contributed by atoms with Crippen LogP contribution in [-0.4, -0.2) is 9.97 Å². The fourth-order valence-corrected chi connectivity index (χ4v) is 9.84. The quantitative estimate of drug-likeness (QED) is 0.161. The number of fused-ring (bicyclic) bond motifs is 7. The third-order valence-corrected chi connectivity index (χ3v) is 13.1. The van der Waals surface area contributed by atoms with Gasteiger partial charge in [0.25, 0.3) is 0 Å². The summed E-state index contributed by atoms with van der Waals surface area (Å²) in [5.74, 6) is 2.32. The number of rotatable bonds is 7. The number of hydrogen-bond donors (Lipinski definition) is 0. The fraction of sp³-hybridized carbons (Fsp3) is 0.0667. The predicted octanol–water partition coefficient (Wildman–Crippen LogP) is 16.3. The van der Waals surface area contributed by atoms with E-state index in [0.29, 0.717) is 5.82 Å². The fourth-order valence-electron chi connectivity index (χ4n) is 9.84. The Bertz CT molecular complexity index is 3600. The van der Waals surface area contributed by atoms with Crippen LogP contribution in [-0.2, 0) is 5.41 Å². The number of para-hydroxylation sites is 4. The van der Waals surface area contributed by atoms with Gasteiger partial charge in [-0.25, -0.2) is 9.97 Å². The van der Waals surface area contributed by atoms with Gasteiger partial charge in [-0.3, -0.25) is 0 Å². The summed E-state index contributed by atoms with van der Waals surface area (Å²) in [7, 11) is 0. The Labute approximate surface area is 372 Å². The zero-order valence-electron chi connectivity index (χ0n) is 35.8. The van der Waals surface area contributed by atoms with E-state index in [1.165, 1.54) is 27.8 Å². The number of nitrogens with zero attached hydrogens (tertiary/aromatic N) is 2. The third kappa shape index (κ3) is 6.13. The maximum absolute atomic E-state index is 6.46. The van der Waals surface area contributed by atoms with Crippen LogP contribution in [0.2, 0.25) is 0 Å². The zero-order chi connectivity index (χ0) is 42.9. The van der Waals surface area contributed by atoms with E-state index in [-0.39, 0.29) is 5.41 Å². The molecular weight excluding hydrogens is 781 g/mol. The van der Waals surface area contributed by atoms with Crippen molar-refractivity contribution < 1.29 is 9.15 Å². The molecule has 0 unspecified atom stereocenters. The lowest BCUT2D eigenvalue weighted by atomic mass is 9.82. The molecule has 0 aliphatic heterocycles. The molecule has 0 N–H and O–H groups in total.